The molecule has 2 aromatic rings. The lowest BCUT2D eigenvalue weighted by Crippen LogP contribution is -2.53. The summed E-state index contributed by atoms with van der Waals surface area (Å²) >= 11 is 6.91. The smallest absolute Gasteiger partial charge is 0.412 e. The van der Waals surface area contributed by atoms with E-state index in [-0.39, 0.29) is 98.2 Å². The topological polar surface area (TPSA) is 304 Å². The molecule has 4 saturated heterocycles. The van der Waals surface area contributed by atoms with Gasteiger partial charge in [0.25, 0.3) is 0 Å². The first-order valence-electron chi connectivity index (χ1n) is 30.9. The van der Waals surface area contributed by atoms with E-state index in [2.05, 4.69) is 16.0 Å². The van der Waals surface area contributed by atoms with Gasteiger partial charge < -0.3 is 59.7 Å². The molecule has 2 aromatic carbocycles. The van der Waals surface area contributed by atoms with Crippen LogP contribution in [0.2, 0.25) is 5.02 Å². The molecular weight excluding hydrogens is 1170 g/mol. The second kappa shape index (κ2) is 30.7. The minimum absolute atomic E-state index is 0.00459. The van der Waals surface area contributed by atoms with Crippen LogP contribution in [0.4, 0.5) is 26.7 Å². The Kier molecular flexibility index (Phi) is 24.0. The van der Waals surface area contributed by atoms with Crippen molar-refractivity contribution >= 4 is 82.0 Å². The quantitative estimate of drug-likeness (QED) is 0.0324. The number of methoxy groups -OCH3 is 2. The summed E-state index contributed by atoms with van der Waals surface area (Å²) in [5, 5.41) is 20.7. The van der Waals surface area contributed by atoms with Gasteiger partial charge in [0.15, 0.2) is 5.78 Å². The van der Waals surface area contributed by atoms with Crippen LogP contribution in [0.25, 0.3) is 0 Å². The zero-order valence-electron chi connectivity index (χ0n) is 53.0. The molecular formula is C65H90ClN7O16. The molecule has 0 radical (unpaired) electrons. The van der Waals surface area contributed by atoms with Gasteiger partial charge in [-0.2, -0.15) is 0 Å². The number of hydrogen-bond acceptors (Lipinski definition) is 17. The Morgan fingerprint density at radius 3 is 2.34 bits per heavy atom. The fourth-order valence-corrected chi connectivity index (χ4v) is 12.8. The van der Waals surface area contributed by atoms with Gasteiger partial charge in [-0.1, -0.05) is 75.6 Å². The number of anilines is 3. The number of halogens is 1. The molecule has 7 rings (SSSR count). The van der Waals surface area contributed by atoms with Crippen molar-refractivity contribution in [1.29, 1.82) is 0 Å². The standard InChI is InChI=1S/C65H90ClN7O16/c1-37(2)45(32-44(74)17-12-11-13-21-73-56(77)28-40(5)61(73)80)60(79)69-46(18-15-20-68-62(67)81)50(75)31-43-27-39(4)47(33-48(43)72-22-24-86-25-23-72)70-63(82)88-54-34-55(76)71(8)49-29-42(30-51(84-9)58(49)66)26-38(3)16-14-19-53(85-10)65(83)35-52(87-57(78)36-65)41(6)59-64(54,7)89-59/h14,16,19,27,29-30,33,37,40-41,45-46,52-54,59,83H,11-13,15,17-18,20-26,28,31-32,34-36H2,1-10H3,(H,69,79)(H,70,82)(H3,67,68,81)/b19-14+,38-16+/t40?,41-,45+,46+,52+,53-,54+,59+,64+,65-/m1/s1. The summed E-state index contributed by atoms with van der Waals surface area (Å²) in [6.07, 6.45) is 2.63. The fraction of sp³-hybridized carbons (Fsp3) is 0.615. The second-order valence-corrected chi connectivity index (χ2v) is 25.4. The number of hydrogen-bond donors (Lipinski definition) is 5. The number of fused-ring (bicyclic) bond motifs is 5. The summed E-state index contributed by atoms with van der Waals surface area (Å²) in [7, 11) is 4.49. The molecule has 488 valence electrons. The number of imide groups is 1. The molecule has 24 heteroatoms. The number of unbranched alkanes of at least 4 members (excludes halogenated alkanes) is 2. The SMILES string of the molecule is COc1cc2cc(c1Cl)N(C)C(=O)C[C@H](OC(=O)Nc1cc(N3CCOCC3)c(CC(=O)[C@H](CCCNC(N)=O)NC(=O)[C@@H](CC(=O)CCCCCN3C(=O)CC(C)C3=O)C(C)C)cc1C)[C@]1(C)O[C@H]1[C@H](C)[C@@H]1C[C@@](O)(CC(=O)O1)[C@H](OC)/C=C/C=C(\C)C2. The number of primary amides is 1. The third-order valence-corrected chi connectivity index (χ3v) is 18.3. The van der Waals surface area contributed by atoms with E-state index in [9.17, 15) is 48.3 Å². The Hall–Kier alpha value is -6.92. The van der Waals surface area contributed by atoms with Gasteiger partial charge in [-0.3, -0.25) is 43.8 Å². The highest BCUT2D eigenvalue weighted by Crippen LogP contribution is 2.50. The number of rotatable bonds is 23. The predicted molar refractivity (Wildman–Crippen MR) is 332 cm³/mol. The van der Waals surface area contributed by atoms with Gasteiger partial charge in [0, 0.05) is 102 Å². The maximum Gasteiger partial charge on any atom is 0.412 e. The van der Waals surface area contributed by atoms with Gasteiger partial charge in [-0.05, 0) is 93.7 Å². The molecule has 0 aliphatic carbocycles. The molecule has 10 atom stereocenters. The average molecular weight is 1260 g/mol. The van der Waals surface area contributed by atoms with Gasteiger partial charge in [0.2, 0.25) is 23.6 Å². The van der Waals surface area contributed by atoms with Crippen molar-refractivity contribution in [2.24, 2.45) is 29.4 Å². The minimum atomic E-state index is -1.66. The molecule has 5 heterocycles. The molecule has 23 nitrogen and oxygen atoms in total. The first-order valence-corrected chi connectivity index (χ1v) is 31.3. The monoisotopic (exact) mass is 1260 g/mol. The molecule has 4 fully saturated rings. The van der Waals surface area contributed by atoms with Crippen molar-refractivity contribution in [3.8, 4) is 5.75 Å². The van der Waals surface area contributed by atoms with E-state index >= 15 is 0 Å². The number of benzene rings is 2. The van der Waals surface area contributed by atoms with E-state index in [0.29, 0.717) is 92.5 Å². The number of aliphatic hydroxyl groups is 1. The summed E-state index contributed by atoms with van der Waals surface area (Å²) < 4.78 is 35.8. The normalized spacial score (nSPS) is 26.5. The van der Waals surface area contributed by atoms with E-state index in [1.807, 2.05) is 31.7 Å². The molecule has 7 amide bonds. The van der Waals surface area contributed by atoms with Crippen LogP contribution in [0.1, 0.15) is 129 Å². The van der Waals surface area contributed by atoms with E-state index in [1.165, 1.54) is 24.0 Å². The number of nitrogens with one attached hydrogen (secondary N) is 3. The number of Topliss-reactive ketones (excluding diaryl/α,β-unsaturated/α-hetero) is 2. The van der Waals surface area contributed by atoms with Crippen molar-refractivity contribution < 1.29 is 76.7 Å². The zero-order valence-corrected chi connectivity index (χ0v) is 53.8. The lowest BCUT2D eigenvalue weighted by Gasteiger charge is -2.41. The number of nitrogens with zero attached hydrogens (tertiary/aromatic N) is 3. The molecule has 89 heavy (non-hydrogen) atoms. The summed E-state index contributed by atoms with van der Waals surface area (Å²) in [6.45, 7) is 14.6. The Morgan fingerprint density at radius 2 is 1.67 bits per heavy atom. The van der Waals surface area contributed by atoms with E-state index in [1.54, 1.807) is 71.2 Å². The lowest BCUT2D eigenvalue weighted by atomic mass is 9.78. The van der Waals surface area contributed by atoms with E-state index in [0.717, 1.165) is 11.1 Å². The number of amides is 7. The highest BCUT2D eigenvalue weighted by molar-refractivity contribution is 6.35. The lowest BCUT2D eigenvalue weighted by molar-refractivity contribution is -0.187. The first kappa shape index (κ1) is 69.6. The number of nitrogens with two attached hydrogens (primary N) is 1. The minimum Gasteiger partial charge on any atom is -0.495 e. The zero-order chi connectivity index (χ0) is 65.1. The maximum absolute atomic E-state index is 14.7. The van der Waals surface area contributed by atoms with Crippen LogP contribution in [0.3, 0.4) is 0 Å². The highest BCUT2D eigenvalue weighted by atomic mass is 35.5. The average Bonchev–Trinajstić information content (AvgIpc) is 1.61. The van der Waals surface area contributed by atoms with Crippen LogP contribution < -0.4 is 36.2 Å². The largest absolute Gasteiger partial charge is 0.495 e. The second-order valence-electron chi connectivity index (χ2n) is 25.1. The number of aryl methyl sites for hydroxylation is 1. The van der Waals surface area contributed by atoms with Crippen LogP contribution in [0.15, 0.2) is 48.1 Å². The highest BCUT2D eigenvalue weighted by Gasteiger charge is 2.64. The van der Waals surface area contributed by atoms with E-state index < -0.39 is 89.8 Å². The van der Waals surface area contributed by atoms with Gasteiger partial charge in [-0.15, -0.1) is 0 Å². The summed E-state index contributed by atoms with van der Waals surface area (Å²) in [5.74, 6) is -4.03. The molecule has 1 unspecified atom stereocenters. The van der Waals surface area contributed by atoms with Gasteiger partial charge >= 0.3 is 18.1 Å². The van der Waals surface area contributed by atoms with Crippen molar-refractivity contribution in [2.45, 2.75) is 174 Å². The Labute approximate surface area is 526 Å². The van der Waals surface area contributed by atoms with Crippen LogP contribution in [0, 0.1) is 30.6 Å². The van der Waals surface area contributed by atoms with Gasteiger partial charge in [-0.25, -0.2) is 9.59 Å². The maximum atomic E-state index is 14.7. The van der Waals surface area contributed by atoms with Crippen molar-refractivity contribution in [1.82, 2.24) is 15.5 Å². The van der Waals surface area contributed by atoms with E-state index in [4.69, 9.17) is 45.8 Å². The number of ketones is 2. The number of ether oxygens (including phenoxy) is 6. The van der Waals surface area contributed by atoms with Crippen LogP contribution in [-0.4, -0.2) is 166 Å². The summed E-state index contributed by atoms with van der Waals surface area (Å²) in [5.41, 5.74) is 6.46. The van der Waals surface area contributed by atoms with Crippen molar-refractivity contribution in [3.05, 3.63) is 69.8 Å². The molecule has 0 spiro atoms. The summed E-state index contributed by atoms with van der Waals surface area (Å²) in [4.78, 5) is 126. The predicted octanol–water partition coefficient (Wildman–Crippen LogP) is 7.00. The molecule has 4 bridgehead atoms. The molecule has 0 saturated carbocycles. The molecule has 5 aliphatic rings. The fourth-order valence-electron chi connectivity index (χ4n) is 12.5. The number of carbonyl (C=O) groups excluding carboxylic acids is 9. The van der Waals surface area contributed by atoms with Gasteiger partial charge in [0.1, 0.15) is 46.1 Å². The Bertz CT molecular complexity index is 3040. The van der Waals surface area contributed by atoms with Gasteiger partial charge in [0.05, 0.1) is 51.0 Å². The van der Waals surface area contributed by atoms with Crippen LogP contribution in [-0.2, 0) is 70.1 Å². The summed E-state index contributed by atoms with van der Waals surface area (Å²) in [6, 6.07) is 5.31. The Balaban J connectivity index is 1.12. The Morgan fingerprint density at radius 1 is 0.944 bits per heavy atom. The number of urea groups is 1. The van der Waals surface area contributed by atoms with Crippen molar-refractivity contribution in [2.75, 3.05) is 75.8 Å². The number of allylic oxidation sites excluding steroid dienone is 3. The molecule has 0 aromatic heterocycles. The van der Waals surface area contributed by atoms with Crippen molar-refractivity contribution in [3.63, 3.8) is 0 Å². The van der Waals surface area contributed by atoms with Crippen LogP contribution in [0.5, 0.6) is 5.75 Å². The van der Waals surface area contributed by atoms with Crippen LogP contribution >= 0.6 is 11.6 Å². The number of morpholine rings is 1. The number of esters is 1. The number of carbonyl (C=O) groups is 9. The number of likely N-dealkylation sites (tertiary alicyclic amines) is 1. The third-order valence-electron chi connectivity index (χ3n) is 17.9. The number of epoxide rings is 1. The molecule has 6 N–H and O–H groups in total. The third kappa shape index (κ3) is 17.7. The molecule has 5 aliphatic heterocycles. The first-order chi connectivity index (χ1) is 42.2.